The van der Waals surface area contributed by atoms with Crippen LogP contribution in [0.3, 0.4) is 0 Å². The first-order chi connectivity index (χ1) is 8.86. The molecule has 1 fully saturated rings. The second-order valence-corrected chi connectivity index (χ2v) is 6.49. The van der Waals surface area contributed by atoms with E-state index in [1.165, 1.54) is 16.6 Å². The van der Waals surface area contributed by atoms with Crippen molar-refractivity contribution < 1.29 is 22.7 Å². The molecule has 1 aliphatic heterocycles. The van der Waals surface area contributed by atoms with Crippen molar-refractivity contribution in [3.63, 3.8) is 0 Å². The molecule has 0 aromatic carbocycles. The molecule has 8 heteroatoms. The van der Waals surface area contributed by atoms with Crippen LogP contribution in [0.1, 0.15) is 16.3 Å². The van der Waals surface area contributed by atoms with E-state index in [2.05, 4.69) is 0 Å². The SMILES string of the molecule is CS(=O)(=O)N1CCN(Cc2ccc(C(=O)O)o2)CC1. The van der Waals surface area contributed by atoms with Crippen molar-refractivity contribution in [1.29, 1.82) is 0 Å². The topological polar surface area (TPSA) is 91.1 Å². The third-order valence-electron chi connectivity index (χ3n) is 3.05. The molecule has 0 amide bonds. The van der Waals surface area contributed by atoms with Crippen LogP contribution >= 0.6 is 0 Å². The van der Waals surface area contributed by atoms with Crippen LogP contribution in [0.5, 0.6) is 0 Å². The largest absolute Gasteiger partial charge is 0.475 e. The van der Waals surface area contributed by atoms with Crippen molar-refractivity contribution in [2.24, 2.45) is 0 Å². The van der Waals surface area contributed by atoms with Gasteiger partial charge in [-0.1, -0.05) is 0 Å². The molecular formula is C11H16N2O5S. The summed E-state index contributed by atoms with van der Waals surface area (Å²) in [4.78, 5) is 12.7. The van der Waals surface area contributed by atoms with Crippen LogP contribution in [0.4, 0.5) is 0 Å². The highest BCUT2D eigenvalue weighted by Crippen LogP contribution is 2.13. The molecule has 0 atom stereocenters. The van der Waals surface area contributed by atoms with Gasteiger partial charge in [0.2, 0.25) is 15.8 Å². The molecule has 0 spiro atoms. The van der Waals surface area contributed by atoms with Crippen LogP contribution in [-0.4, -0.2) is 61.1 Å². The van der Waals surface area contributed by atoms with E-state index in [1.807, 2.05) is 4.90 Å². The van der Waals surface area contributed by atoms with Gasteiger partial charge in [0, 0.05) is 26.2 Å². The number of carbonyl (C=O) groups is 1. The van der Waals surface area contributed by atoms with Crippen LogP contribution in [-0.2, 0) is 16.6 Å². The number of piperazine rings is 1. The van der Waals surface area contributed by atoms with Gasteiger partial charge in [0.1, 0.15) is 5.76 Å². The Morgan fingerprint density at radius 3 is 2.42 bits per heavy atom. The molecule has 0 aliphatic carbocycles. The van der Waals surface area contributed by atoms with Crippen LogP contribution in [0.15, 0.2) is 16.5 Å². The van der Waals surface area contributed by atoms with Crippen molar-refractivity contribution in [1.82, 2.24) is 9.21 Å². The summed E-state index contributed by atoms with van der Waals surface area (Å²) in [6, 6.07) is 3.05. The highest BCUT2D eigenvalue weighted by atomic mass is 32.2. The number of sulfonamides is 1. The highest BCUT2D eigenvalue weighted by molar-refractivity contribution is 7.88. The normalized spacial score (nSPS) is 18.6. The lowest BCUT2D eigenvalue weighted by Crippen LogP contribution is -2.47. The first-order valence-electron chi connectivity index (χ1n) is 5.86. The van der Waals surface area contributed by atoms with Crippen molar-refractivity contribution in [2.75, 3.05) is 32.4 Å². The smallest absolute Gasteiger partial charge is 0.371 e. The van der Waals surface area contributed by atoms with Crippen molar-refractivity contribution >= 4 is 16.0 Å². The molecule has 1 saturated heterocycles. The molecule has 0 radical (unpaired) electrons. The molecule has 2 heterocycles. The zero-order valence-electron chi connectivity index (χ0n) is 10.6. The summed E-state index contributed by atoms with van der Waals surface area (Å²) in [5, 5.41) is 8.75. The molecule has 106 valence electrons. The van der Waals surface area contributed by atoms with E-state index < -0.39 is 16.0 Å². The number of carboxylic acids is 1. The second-order valence-electron chi connectivity index (χ2n) is 4.51. The molecule has 1 aromatic heterocycles. The van der Waals surface area contributed by atoms with E-state index in [9.17, 15) is 13.2 Å². The third-order valence-corrected chi connectivity index (χ3v) is 4.36. The Labute approximate surface area is 111 Å². The Morgan fingerprint density at radius 1 is 1.32 bits per heavy atom. The second kappa shape index (κ2) is 5.32. The molecule has 1 aromatic rings. The molecular weight excluding hydrogens is 272 g/mol. The minimum absolute atomic E-state index is 0.0789. The standard InChI is InChI=1S/C11H16N2O5S/c1-19(16,17)13-6-4-12(5-7-13)8-9-2-3-10(18-9)11(14)15/h2-3H,4-8H2,1H3,(H,14,15). The van der Waals surface area contributed by atoms with Gasteiger partial charge in [0.05, 0.1) is 12.8 Å². The lowest BCUT2D eigenvalue weighted by Gasteiger charge is -2.32. The fraction of sp³-hybridized carbons (Fsp3) is 0.545. The van der Waals surface area contributed by atoms with Gasteiger partial charge in [-0.05, 0) is 12.1 Å². The summed E-state index contributed by atoms with van der Waals surface area (Å²) in [5.74, 6) is -0.594. The summed E-state index contributed by atoms with van der Waals surface area (Å²) in [6.07, 6.45) is 1.20. The lowest BCUT2D eigenvalue weighted by molar-refractivity contribution is 0.0657. The van der Waals surface area contributed by atoms with Gasteiger partial charge in [0.15, 0.2) is 0 Å². The van der Waals surface area contributed by atoms with Crippen molar-refractivity contribution in [3.05, 3.63) is 23.7 Å². The van der Waals surface area contributed by atoms with Crippen LogP contribution in [0.2, 0.25) is 0 Å². The predicted molar refractivity (Wildman–Crippen MR) is 67.4 cm³/mol. The van der Waals surface area contributed by atoms with Gasteiger partial charge in [-0.15, -0.1) is 0 Å². The Balaban J connectivity index is 1.90. The zero-order valence-corrected chi connectivity index (χ0v) is 11.4. The summed E-state index contributed by atoms with van der Waals surface area (Å²) < 4.78 is 29.3. The number of hydrogen-bond acceptors (Lipinski definition) is 5. The fourth-order valence-corrected chi connectivity index (χ4v) is 2.84. The van der Waals surface area contributed by atoms with E-state index in [1.54, 1.807) is 6.07 Å². The summed E-state index contributed by atoms with van der Waals surface area (Å²) in [6.45, 7) is 2.61. The maximum Gasteiger partial charge on any atom is 0.371 e. The quantitative estimate of drug-likeness (QED) is 0.842. The Hall–Kier alpha value is -1.38. The van der Waals surface area contributed by atoms with Gasteiger partial charge in [-0.2, -0.15) is 4.31 Å². The van der Waals surface area contributed by atoms with Gasteiger partial charge >= 0.3 is 5.97 Å². The molecule has 0 bridgehead atoms. The number of rotatable bonds is 4. The minimum Gasteiger partial charge on any atom is -0.475 e. The number of nitrogens with zero attached hydrogens (tertiary/aromatic N) is 2. The number of hydrogen-bond donors (Lipinski definition) is 1. The highest BCUT2D eigenvalue weighted by Gasteiger charge is 2.24. The number of carboxylic acid groups (broad SMARTS) is 1. The van der Waals surface area contributed by atoms with E-state index in [0.29, 0.717) is 38.5 Å². The Bertz CT molecular complexity index is 557. The summed E-state index contributed by atoms with van der Waals surface area (Å²) in [7, 11) is -3.12. The maximum absolute atomic E-state index is 11.4. The zero-order chi connectivity index (χ0) is 14.0. The molecule has 1 aliphatic rings. The van der Waals surface area contributed by atoms with E-state index >= 15 is 0 Å². The van der Waals surface area contributed by atoms with Gasteiger partial charge in [0.25, 0.3) is 0 Å². The van der Waals surface area contributed by atoms with Crippen LogP contribution in [0.25, 0.3) is 0 Å². The maximum atomic E-state index is 11.4. The lowest BCUT2D eigenvalue weighted by atomic mass is 10.3. The Morgan fingerprint density at radius 2 is 1.95 bits per heavy atom. The van der Waals surface area contributed by atoms with Crippen molar-refractivity contribution in [2.45, 2.75) is 6.54 Å². The fourth-order valence-electron chi connectivity index (χ4n) is 2.02. The van der Waals surface area contributed by atoms with E-state index in [-0.39, 0.29) is 5.76 Å². The van der Waals surface area contributed by atoms with E-state index in [0.717, 1.165) is 0 Å². The number of furan rings is 1. The molecule has 1 N–H and O–H groups in total. The van der Waals surface area contributed by atoms with Gasteiger partial charge in [-0.3, -0.25) is 4.90 Å². The third kappa shape index (κ3) is 3.55. The number of aromatic carboxylic acids is 1. The monoisotopic (exact) mass is 288 g/mol. The Kier molecular flexibility index (Phi) is 3.93. The van der Waals surface area contributed by atoms with Crippen LogP contribution < -0.4 is 0 Å². The molecule has 2 rings (SSSR count). The molecule has 7 nitrogen and oxygen atoms in total. The van der Waals surface area contributed by atoms with Crippen LogP contribution in [0, 0.1) is 0 Å². The first-order valence-corrected chi connectivity index (χ1v) is 7.70. The predicted octanol–water partition coefficient (Wildman–Crippen LogP) is 0.0550. The molecule has 0 saturated carbocycles. The average molecular weight is 288 g/mol. The van der Waals surface area contributed by atoms with E-state index in [4.69, 9.17) is 9.52 Å². The molecule has 19 heavy (non-hydrogen) atoms. The van der Waals surface area contributed by atoms with Gasteiger partial charge < -0.3 is 9.52 Å². The minimum atomic E-state index is -3.12. The molecule has 0 unspecified atom stereocenters. The first kappa shape index (κ1) is 14.0. The summed E-state index contributed by atoms with van der Waals surface area (Å²) >= 11 is 0. The van der Waals surface area contributed by atoms with Gasteiger partial charge in [-0.25, -0.2) is 13.2 Å². The average Bonchev–Trinajstić information content (AvgIpc) is 2.77. The van der Waals surface area contributed by atoms with Crippen molar-refractivity contribution in [3.8, 4) is 0 Å². The summed E-state index contributed by atoms with van der Waals surface area (Å²) in [5.41, 5.74) is 0.